The van der Waals surface area contributed by atoms with Gasteiger partial charge in [-0.2, -0.15) is 0 Å². The van der Waals surface area contributed by atoms with E-state index in [9.17, 15) is 0 Å². The van der Waals surface area contributed by atoms with Crippen LogP contribution in [-0.4, -0.2) is 12.7 Å². The molecule has 0 atom stereocenters. The molecule has 26 heavy (non-hydrogen) atoms. The molecule has 0 spiro atoms. The molecule has 4 heteroatoms. The van der Waals surface area contributed by atoms with Crippen LogP contribution in [-0.2, 0) is 0 Å². The van der Waals surface area contributed by atoms with Crippen molar-refractivity contribution in [3.8, 4) is 0 Å². The van der Waals surface area contributed by atoms with E-state index in [1.165, 1.54) is 61.7 Å². The Hall–Kier alpha value is -1.82. The largest absolute Gasteiger partial charge is 0.0940 e. The molecule has 2 rings (SSSR count). The third-order valence-corrected chi connectivity index (χ3v) is 7.20. The second kappa shape index (κ2) is 13.4. The van der Waals surface area contributed by atoms with Crippen molar-refractivity contribution in [2.45, 2.75) is 51.4 Å². The van der Waals surface area contributed by atoms with Crippen LogP contribution < -0.4 is 10.6 Å². The maximum absolute atomic E-state index is 8.23. The van der Waals surface area contributed by atoms with E-state index < -0.39 is 0 Å². The minimum Gasteiger partial charge on any atom is -0.0940 e. The molecule has 0 unspecified atom stereocenters. The highest BCUT2D eigenvalue weighted by Gasteiger charge is 2.12. The van der Waals surface area contributed by atoms with Crippen LogP contribution in [0.4, 0.5) is 0 Å². The van der Waals surface area contributed by atoms with Gasteiger partial charge in [-0.15, -0.1) is 0 Å². The highest BCUT2D eigenvalue weighted by molar-refractivity contribution is 7.73. The predicted molar refractivity (Wildman–Crippen MR) is 115 cm³/mol. The molecule has 138 valence electrons. The average molecular weight is 367 g/mol. The van der Waals surface area contributed by atoms with Crippen LogP contribution in [0.15, 0.2) is 65.8 Å². The first-order chi connectivity index (χ1) is 12.9. The SMILES string of the molecule is [N-]=[N+]=NCCCCCCCCCCP(c1ccccc1)c1ccccc1. The molecule has 0 saturated carbocycles. The lowest BCUT2D eigenvalue weighted by atomic mass is 10.1. The molecule has 0 radical (unpaired) electrons. The molecule has 0 aliphatic rings. The molecule has 2 aromatic carbocycles. The van der Waals surface area contributed by atoms with E-state index in [1.54, 1.807) is 0 Å². The van der Waals surface area contributed by atoms with Crippen molar-refractivity contribution in [3.05, 3.63) is 71.1 Å². The lowest BCUT2D eigenvalue weighted by Crippen LogP contribution is -2.13. The van der Waals surface area contributed by atoms with Gasteiger partial charge in [-0.25, -0.2) is 0 Å². The van der Waals surface area contributed by atoms with Gasteiger partial charge in [0.05, 0.1) is 0 Å². The molecule has 0 bridgehead atoms. The van der Waals surface area contributed by atoms with Crippen molar-refractivity contribution in [2.75, 3.05) is 12.7 Å². The first-order valence-electron chi connectivity index (χ1n) is 9.80. The fourth-order valence-electron chi connectivity index (χ4n) is 3.18. The molecule has 3 nitrogen and oxygen atoms in total. The van der Waals surface area contributed by atoms with Crippen molar-refractivity contribution in [2.24, 2.45) is 5.11 Å². The van der Waals surface area contributed by atoms with Crippen molar-refractivity contribution >= 4 is 18.5 Å². The van der Waals surface area contributed by atoms with Crippen LogP contribution in [0.5, 0.6) is 0 Å². The lowest BCUT2D eigenvalue weighted by Gasteiger charge is -2.18. The third-order valence-electron chi connectivity index (χ3n) is 4.59. The molecule has 0 heterocycles. The van der Waals surface area contributed by atoms with Gasteiger partial charge >= 0.3 is 0 Å². The summed E-state index contributed by atoms with van der Waals surface area (Å²) in [6, 6.07) is 22.0. The Kier molecular flexibility index (Phi) is 10.6. The molecule has 2 aromatic rings. The zero-order chi connectivity index (χ0) is 18.3. The number of hydrogen-bond acceptors (Lipinski definition) is 1. The zero-order valence-electron chi connectivity index (χ0n) is 15.6. The maximum Gasteiger partial charge on any atom is 0.0257 e. The Morgan fingerprint density at radius 3 is 1.62 bits per heavy atom. The molecule has 0 aliphatic heterocycles. The molecule has 0 aliphatic carbocycles. The second-order valence-electron chi connectivity index (χ2n) is 6.61. The fraction of sp³-hybridized carbons (Fsp3) is 0.455. The topological polar surface area (TPSA) is 48.8 Å². The summed E-state index contributed by atoms with van der Waals surface area (Å²) in [6.45, 7) is 0.652. The number of nitrogens with zero attached hydrogens (tertiary/aromatic N) is 3. The van der Waals surface area contributed by atoms with Gasteiger partial charge in [0.2, 0.25) is 0 Å². The predicted octanol–water partition coefficient (Wildman–Crippen LogP) is 6.55. The van der Waals surface area contributed by atoms with Crippen LogP contribution in [0.3, 0.4) is 0 Å². The van der Waals surface area contributed by atoms with E-state index in [-0.39, 0.29) is 7.92 Å². The minimum atomic E-state index is -0.227. The van der Waals surface area contributed by atoms with E-state index >= 15 is 0 Å². The van der Waals surface area contributed by atoms with Gasteiger partial charge in [0.15, 0.2) is 0 Å². The summed E-state index contributed by atoms with van der Waals surface area (Å²) in [6.07, 6.45) is 11.4. The van der Waals surface area contributed by atoms with Crippen molar-refractivity contribution in [3.63, 3.8) is 0 Å². The summed E-state index contributed by atoms with van der Waals surface area (Å²) >= 11 is 0. The summed E-state index contributed by atoms with van der Waals surface area (Å²) < 4.78 is 0. The molecule has 0 fully saturated rings. The Morgan fingerprint density at radius 1 is 0.654 bits per heavy atom. The smallest absolute Gasteiger partial charge is 0.0257 e. The normalized spacial score (nSPS) is 10.7. The van der Waals surface area contributed by atoms with Crippen LogP contribution in [0.25, 0.3) is 10.4 Å². The Balaban J connectivity index is 1.66. The summed E-state index contributed by atoms with van der Waals surface area (Å²) in [5.74, 6) is 0. The van der Waals surface area contributed by atoms with Crippen LogP contribution in [0, 0.1) is 0 Å². The van der Waals surface area contributed by atoms with Crippen LogP contribution in [0.1, 0.15) is 51.4 Å². The zero-order valence-corrected chi connectivity index (χ0v) is 16.5. The van der Waals surface area contributed by atoms with Gasteiger partial charge < -0.3 is 0 Å². The number of benzene rings is 2. The third kappa shape index (κ3) is 8.04. The van der Waals surface area contributed by atoms with Crippen molar-refractivity contribution in [1.29, 1.82) is 0 Å². The number of azide groups is 1. The van der Waals surface area contributed by atoms with Gasteiger partial charge in [-0.05, 0) is 43.1 Å². The van der Waals surface area contributed by atoms with Gasteiger partial charge in [0, 0.05) is 11.5 Å². The lowest BCUT2D eigenvalue weighted by molar-refractivity contribution is 0.579. The number of unbranched alkanes of at least 4 members (excludes halogenated alkanes) is 7. The second-order valence-corrected chi connectivity index (χ2v) is 8.94. The van der Waals surface area contributed by atoms with Crippen LogP contribution in [0.2, 0.25) is 0 Å². The Bertz CT molecular complexity index is 599. The van der Waals surface area contributed by atoms with E-state index in [1.807, 2.05) is 0 Å². The number of hydrogen-bond donors (Lipinski definition) is 0. The summed E-state index contributed by atoms with van der Waals surface area (Å²) in [5.41, 5.74) is 8.23. The number of rotatable bonds is 13. The molecular formula is C22H30N3P. The monoisotopic (exact) mass is 367 g/mol. The summed E-state index contributed by atoms with van der Waals surface area (Å²) in [5, 5.41) is 6.57. The fourth-order valence-corrected chi connectivity index (χ4v) is 5.60. The van der Waals surface area contributed by atoms with E-state index in [0.29, 0.717) is 6.54 Å². The standard InChI is InChI=1S/C22H30N3P/c23-25-24-19-13-5-3-1-2-4-6-14-20-26(21-15-9-7-10-16-21)22-17-11-8-12-18-22/h7-12,15-18H,1-6,13-14,19-20H2. The molecular weight excluding hydrogens is 337 g/mol. The molecule has 0 saturated heterocycles. The summed E-state index contributed by atoms with van der Waals surface area (Å²) in [4.78, 5) is 2.79. The maximum atomic E-state index is 8.23. The molecule has 0 amide bonds. The highest BCUT2D eigenvalue weighted by atomic mass is 31.1. The Morgan fingerprint density at radius 2 is 1.12 bits per heavy atom. The van der Waals surface area contributed by atoms with Gasteiger partial charge in [0.25, 0.3) is 0 Å². The van der Waals surface area contributed by atoms with Gasteiger partial charge in [-0.3, -0.25) is 0 Å². The van der Waals surface area contributed by atoms with E-state index in [2.05, 4.69) is 70.7 Å². The first-order valence-corrected chi connectivity index (χ1v) is 11.3. The van der Waals surface area contributed by atoms with Gasteiger partial charge in [-0.1, -0.05) is 104 Å². The average Bonchev–Trinajstić information content (AvgIpc) is 2.70. The van der Waals surface area contributed by atoms with Crippen molar-refractivity contribution < 1.29 is 0 Å². The van der Waals surface area contributed by atoms with Crippen LogP contribution >= 0.6 is 7.92 Å². The van der Waals surface area contributed by atoms with E-state index in [4.69, 9.17) is 5.53 Å². The quantitative estimate of drug-likeness (QED) is 0.127. The van der Waals surface area contributed by atoms with E-state index in [0.717, 1.165) is 6.42 Å². The Labute approximate surface area is 159 Å². The minimum absolute atomic E-state index is 0.227. The van der Waals surface area contributed by atoms with Crippen molar-refractivity contribution in [1.82, 2.24) is 0 Å². The molecule has 0 aromatic heterocycles. The molecule has 0 N–H and O–H groups in total. The highest BCUT2D eigenvalue weighted by Crippen LogP contribution is 2.34. The summed E-state index contributed by atoms with van der Waals surface area (Å²) in [7, 11) is -0.227. The van der Waals surface area contributed by atoms with Gasteiger partial charge in [0.1, 0.15) is 0 Å². The first kappa shape index (κ1) is 20.5.